The van der Waals surface area contributed by atoms with Crippen LogP contribution in [0.4, 0.5) is 10.1 Å². The second kappa shape index (κ2) is 10.8. The van der Waals surface area contributed by atoms with Gasteiger partial charge in [-0.3, -0.25) is 0 Å². The molecule has 0 saturated heterocycles. The molecule has 0 aliphatic rings. The van der Waals surface area contributed by atoms with E-state index in [0.29, 0.717) is 32.4 Å². The number of nitrogens with zero attached hydrogens (tertiary/aromatic N) is 3. The van der Waals surface area contributed by atoms with E-state index in [2.05, 4.69) is 55.3 Å². The minimum absolute atomic E-state index is 0.180. The van der Waals surface area contributed by atoms with Crippen molar-refractivity contribution in [2.45, 2.75) is 57.6 Å². The first kappa shape index (κ1) is 28.3. The Kier molecular flexibility index (Phi) is 8.05. The zero-order chi connectivity index (χ0) is 27.8. The molecule has 1 N–H and O–H groups in total. The molecule has 10 heteroatoms. The number of rotatable bonds is 7. The van der Waals surface area contributed by atoms with Gasteiger partial charge in [-0.2, -0.15) is 0 Å². The maximum atomic E-state index is 15.8. The van der Waals surface area contributed by atoms with Crippen molar-refractivity contribution in [3.8, 4) is 11.3 Å². The summed E-state index contributed by atoms with van der Waals surface area (Å²) in [7, 11) is -3.44. The number of hydrogen-bond acceptors (Lipinski definition) is 4. The number of fused-ring (bicyclic) bond motifs is 1. The van der Waals surface area contributed by atoms with E-state index in [1.807, 2.05) is 51.1 Å². The van der Waals surface area contributed by atoms with Gasteiger partial charge in [0, 0.05) is 17.4 Å². The van der Waals surface area contributed by atoms with E-state index in [-0.39, 0.29) is 12.2 Å². The molecule has 2 aromatic carbocycles. The van der Waals surface area contributed by atoms with Crippen LogP contribution in [-0.2, 0) is 17.4 Å². The van der Waals surface area contributed by atoms with Gasteiger partial charge in [-0.1, -0.05) is 61.2 Å². The Morgan fingerprint density at radius 3 is 2.55 bits per heavy atom. The number of hydrogen-bond donors (Lipinski definition) is 1. The van der Waals surface area contributed by atoms with E-state index in [1.165, 1.54) is 0 Å². The summed E-state index contributed by atoms with van der Waals surface area (Å²) in [5.41, 5.74) is 3.44. The number of halogens is 2. The predicted molar refractivity (Wildman–Crippen MR) is 158 cm³/mol. The molecule has 4 aromatic rings. The summed E-state index contributed by atoms with van der Waals surface area (Å²) in [5, 5.41) is 5.77. The first-order valence-electron chi connectivity index (χ1n) is 12.2. The molecular formula is C28H30BrFN4O2SSi. The fourth-order valence-corrected chi connectivity index (χ4v) is 7.00. The molecule has 0 radical (unpaired) electrons. The SMILES string of the molecule is [C-]#[N+]c1ccc2c(-c3ccccc3[C@H](Cc3nc(Br)cc([Si](C)(C)C)c3F)N[S@@](=O)C(C)(C)C)noc2c1. The Morgan fingerprint density at radius 1 is 1.18 bits per heavy atom. The topological polar surface area (TPSA) is 72.4 Å². The highest BCUT2D eigenvalue weighted by Crippen LogP contribution is 2.36. The Bertz CT molecular complexity index is 1570. The van der Waals surface area contributed by atoms with Gasteiger partial charge in [0.2, 0.25) is 0 Å². The molecule has 4 rings (SSSR count). The monoisotopic (exact) mass is 612 g/mol. The van der Waals surface area contributed by atoms with E-state index < -0.39 is 29.8 Å². The van der Waals surface area contributed by atoms with Crippen molar-refractivity contribution in [2.24, 2.45) is 0 Å². The summed E-state index contributed by atoms with van der Waals surface area (Å²) in [6, 6.07) is 14.1. The average Bonchev–Trinajstić information content (AvgIpc) is 3.27. The number of benzene rings is 2. The first-order valence-corrected chi connectivity index (χ1v) is 17.6. The molecular weight excluding hydrogens is 583 g/mol. The van der Waals surface area contributed by atoms with E-state index >= 15 is 4.39 Å². The third-order valence-electron chi connectivity index (χ3n) is 6.18. The maximum absolute atomic E-state index is 15.8. The van der Waals surface area contributed by atoms with Crippen molar-refractivity contribution in [1.82, 2.24) is 14.9 Å². The zero-order valence-corrected chi connectivity index (χ0v) is 25.6. The number of nitrogens with one attached hydrogen (secondary N) is 1. The third-order valence-corrected chi connectivity index (χ3v) is 10.2. The van der Waals surface area contributed by atoms with Crippen LogP contribution in [-0.4, -0.2) is 27.2 Å². The fraction of sp³-hybridized carbons (Fsp3) is 0.321. The Labute approximate surface area is 234 Å². The second-order valence-electron chi connectivity index (χ2n) is 11.2. The van der Waals surface area contributed by atoms with Crippen LogP contribution >= 0.6 is 15.9 Å². The average molecular weight is 614 g/mol. The lowest BCUT2D eigenvalue weighted by Gasteiger charge is -2.27. The van der Waals surface area contributed by atoms with E-state index in [0.717, 1.165) is 16.5 Å². The summed E-state index contributed by atoms with van der Waals surface area (Å²) in [6.07, 6.45) is 0.180. The molecule has 0 unspecified atom stereocenters. The van der Waals surface area contributed by atoms with Crippen LogP contribution < -0.4 is 9.91 Å². The lowest BCUT2D eigenvalue weighted by atomic mass is 9.94. The highest BCUT2D eigenvalue weighted by Gasteiger charge is 2.30. The normalized spacial score (nSPS) is 13.9. The largest absolute Gasteiger partial charge is 0.357 e. The molecule has 0 fully saturated rings. The summed E-state index contributed by atoms with van der Waals surface area (Å²) in [4.78, 5) is 7.97. The predicted octanol–water partition coefficient (Wildman–Crippen LogP) is 7.22. The molecule has 2 heterocycles. The fourth-order valence-electron chi connectivity index (χ4n) is 4.15. The molecule has 0 bridgehead atoms. The van der Waals surface area contributed by atoms with Crippen molar-refractivity contribution in [2.75, 3.05) is 0 Å². The van der Waals surface area contributed by atoms with Crippen LogP contribution in [0.15, 0.2) is 57.7 Å². The van der Waals surface area contributed by atoms with Gasteiger partial charge in [-0.05, 0) is 59.6 Å². The van der Waals surface area contributed by atoms with Crippen LogP contribution in [0.25, 0.3) is 27.1 Å². The zero-order valence-electron chi connectivity index (χ0n) is 22.2. The van der Waals surface area contributed by atoms with Crippen molar-refractivity contribution in [1.29, 1.82) is 0 Å². The Hall–Kier alpha value is -2.71. The number of aromatic nitrogens is 2. The van der Waals surface area contributed by atoms with Crippen molar-refractivity contribution in [3.05, 3.63) is 81.6 Å². The van der Waals surface area contributed by atoms with Crippen LogP contribution in [0.1, 0.15) is 38.1 Å². The van der Waals surface area contributed by atoms with Gasteiger partial charge in [0.05, 0.1) is 42.1 Å². The third kappa shape index (κ3) is 5.96. The number of pyridine rings is 1. The lowest BCUT2D eigenvalue weighted by molar-refractivity contribution is 0.459. The van der Waals surface area contributed by atoms with Crippen molar-refractivity contribution >= 4 is 56.8 Å². The van der Waals surface area contributed by atoms with Gasteiger partial charge in [-0.15, -0.1) is 0 Å². The highest BCUT2D eigenvalue weighted by atomic mass is 79.9. The molecule has 2 atom stereocenters. The molecule has 6 nitrogen and oxygen atoms in total. The van der Waals surface area contributed by atoms with Crippen molar-refractivity contribution < 1.29 is 13.1 Å². The van der Waals surface area contributed by atoms with Gasteiger partial charge in [0.1, 0.15) is 16.1 Å². The highest BCUT2D eigenvalue weighted by molar-refractivity contribution is 9.10. The van der Waals surface area contributed by atoms with Crippen LogP contribution in [0.3, 0.4) is 0 Å². The van der Waals surface area contributed by atoms with Gasteiger partial charge in [0.15, 0.2) is 11.3 Å². The van der Waals surface area contributed by atoms with E-state index in [1.54, 1.807) is 18.2 Å². The van der Waals surface area contributed by atoms with Gasteiger partial charge in [0.25, 0.3) is 0 Å². The quantitative estimate of drug-likeness (QED) is 0.136. The minimum Gasteiger partial charge on any atom is -0.357 e. The summed E-state index contributed by atoms with van der Waals surface area (Å²) < 4.78 is 38.0. The summed E-state index contributed by atoms with van der Waals surface area (Å²) in [6.45, 7) is 19.2. The van der Waals surface area contributed by atoms with E-state index in [9.17, 15) is 4.21 Å². The minimum atomic E-state index is -1.99. The first-order chi connectivity index (χ1) is 17.8. The molecule has 2 aromatic heterocycles. The molecule has 38 heavy (non-hydrogen) atoms. The standard InChI is InChI=1S/C28H30BrFN4O2SSi/c1-28(2,3)37(35)34-21(15-22-26(30)24(38(5,6)7)16-25(29)32-22)18-10-8-9-11-19(18)27-20-13-12-17(31-4)14-23(20)36-33-27/h8-14,16,21,34H,15H2,1-3,5-7H3/t21-,37-/m0/s1. The van der Waals surface area contributed by atoms with Gasteiger partial charge < -0.3 is 4.52 Å². The summed E-state index contributed by atoms with van der Waals surface area (Å²) >= 11 is 3.47. The Balaban J connectivity index is 1.87. The van der Waals surface area contributed by atoms with Gasteiger partial charge >= 0.3 is 0 Å². The summed E-state index contributed by atoms with van der Waals surface area (Å²) in [5.74, 6) is -0.309. The van der Waals surface area contributed by atoms with Crippen molar-refractivity contribution in [3.63, 3.8) is 0 Å². The molecule has 0 aliphatic carbocycles. The molecule has 0 spiro atoms. The molecule has 0 saturated carbocycles. The molecule has 0 amide bonds. The lowest BCUT2D eigenvalue weighted by Crippen LogP contribution is -2.41. The van der Waals surface area contributed by atoms with Crippen LogP contribution in [0.5, 0.6) is 0 Å². The molecule has 0 aliphatic heterocycles. The van der Waals surface area contributed by atoms with Crippen LogP contribution in [0, 0.1) is 12.4 Å². The van der Waals surface area contributed by atoms with E-state index in [4.69, 9.17) is 11.1 Å². The Morgan fingerprint density at radius 2 is 1.89 bits per heavy atom. The maximum Gasteiger partial charge on any atom is 0.191 e. The molecule has 198 valence electrons. The van der Waals surface area contributed by atoms with Gasteiger partial charge in [-0.25, -0.2) is 23.2 Å². The van der Waals surface area contributed by atoms with Crippen LogP contribution in [0.2, 0.25) is 19.6 Å². The second-order valence-corrected chi connectivity index (χ2v) is 19.0. The smallest absolute Gasteiger partial charge is 0.191 e.